The molecule has 1 radical (unpaired) electrons. The number of nitrogens with one attached hydrogen (secondary N) is 3. The molecule has 48 heavy (non-hydrogen) atoms. The summed E-state index contributed by atoms with van der Waals surface area (Å²) in [5.41, 5.74) is 14.3. The van der Waals surface area contributed by atoms with Crippen molar-refractivity contribution in [2.45, 2.75) is 20.0 Å². The second-order valence-corrected chi connectivity index (χ2v) is 11.9. The molecule has 3 heterocycles. The van der Waals surface area contributed by atoms with Crippen LogP contribution in [0.15, 0.2) is 121 Å². The van der Waals surface area contributed by atoms with Gasteiger partial charge in [0.1, 0.15) is 29.7 Å². The summed E-state index contributed by atoms with van der Waals surface area (Å²) in [6, 6.07) is 30.4. The summed E-state index contributed by atoms with van der Waals surface area (Å²) in [7, 11) is 4.14. The van der Waals surface area contributed by atoms with Gasteiger partial charge < -0.3 is 25.6 Å². The number of rotatable bonds is 13. The van der Waals surface area contributed by atoms with Gasteiger partial charge in [-0.05, 0) is 61.5 Å². The first-order valence-corrected chi connectivity index (χ1v) is 16.5. The average molecular weight is 660 g/mol. The first-order chi connectivity index (χ1) is 23.4. The van der Waals surface area contributed by atoms with Crippen LogP contribution in [0.25, 0.3) is 5.57 Å². The molecule has 0 unspecified atom stereocenters. The van der Waals surface area contributed by atoms with Gasteiger partial charge in [0.15, 0.2) is 0 Å². The standard InChI is InChI=1S/C37H39BClN7O2/c1-3-48-33-12-8-7-11-28(33)22-41-34-19-17-31-37(27-13-15-30(16-14-27)43-36(47)21-39)32-18-20-35(46(32)38-45(31)34)42-23-29(40)25-44(2)24-26-9-5-4-6-10-26/h4-20,23,41-42H,3,21-22,24-25,40H2,1-2H3,(H,43,47)/q+1. The van der Waals surface area contributed by atoms with E-state index in [-0.39, 0.29) is 11.8 Å². The van der Waals surface area contributed by atoms with Crippen LogP contribution in [0.3, 0.4) is 0 Å². The molecule has 3 aromatic carbocycles. The van der Waals surface area contributed by atoms with E-state index in [1.807, 2.05) is 73.8 Å². The van der Waals surface area contributed by atoms with E-state index < -0.39 is 0 Å². The van der Waals surface area contributed by atoms with Crippen molar-refractivity contribution < 1.29 is 14.0 Å². The zero-order valence-electron chi connectivity index (χ0n) is 27.1. The fourth-order valence-corrected chi connectivity index (χ4v) is 5.95. The number of benzene rings is 3. The molecule has 11 heteroatoms. The maximum absolute atomic E-state index is 11.9. The van der Waals surface area contributed by atoms with Crippen LogP contribution in [0.4, 0.5) is 11.5 Å². The van der Waals surface area contributed by atoms with Crippen LogP contribution < -0.4 is 26.4 Å². The SMILES string of the molecule is CCOc1ccccc1CNC1=[N+]2[B]n3c(NC=C(N)CN(C)Cc4ccccc4)ccc3C(c3ccc(NC(=O)CCl)cc3)=C2C=C1. The van der Waals surface area contributed by atoms with Gasteiger partial charge in [-0.1, -0.05) is 60.7 Å². The van der Waals surface area contributed by atoms with Gasteiger partial charge in [0.05, 0.1) is 6.61 Å². The smallest absolute Gasteiger partial charge is 0.493 e. The topological polar surface area (TPSA) is 99.6 Å². The monoisotopic (exact) mass is 659 g/mol. The molecule has 5 N–H and O–H groups in total. The number of nitrogens with two attached hydrogens (primary N) is 1. The molecule has 243 valence electrons. The van der Waals surface area contributed by atoms with Gasteiger partial charge in [-0.2, -0.15) is 0 Å². The zero-order valence-corrected chi connectivity index (χ0v) is 27.9. The zero-order chi connectivity index (χ0) is 33.5. The van der Waals surface area contributed by atoms with Gasteiger partial charge in [-0.15, -0.1) is 11.6 Å². The van der Waals surface area contributed by atoms with E-state index in [0.717, 1.165) is 57.7 Å². The number of hydrogen-bond acceptors (Lipinski definition) is 6. The van der Waals surface area contributed by atoms with Crippen LogP contribution in [0, 0.1) is 0 Å². The molecular weight excluding hydrogens is 621 g/mol. The molecular formula is C37H39BClN7O2+. The van der Waals surface area contributed by atoms with Crippen molar-refractivity contribution in [3.63, 3.8) is 0 Å². The normalized spacial score (nSPS) is 13.7. The number of ether oxygens (including phenoxy) is 1. The van der Waals surface area contributed by atoms with Gasteiger partial charge in [0.25, 0.3) is 5.84 Å². The number of aromatic nitrogens is 1. The lowest BCUT2D eigenvalue weighted by Crippen LogP contribution is -2.37. The van der Waals surface area contributed by atoms with Crippen LogP contribution in [0.1, 0.15) is 29.3 Å². The number of carbonyl (C=O) groups is 1. The van der Waals surface area contributed by atoms with Crippen LogP contribution >= 0.6 is 11.6 Å². The number of likely N-dealkylation sites (N-methyl/N-ethyl adjacent to an activating group) is 1. The highest BCUT2D eigenvalue weighted by atomic mass is 35.5. The Kier molecular flexibility index (Phi) is 10.3. The molecule has 0 atom stereocenters. The van der Waals surface area contributed by atoms with Gasteiger partial charge in [0, 0.05) is 53.6 Å². The lowest BCUT2D eigenvalue weighted by atomic mass is 9.92. The lowest BCUT2D eigenvalue weighted by molar-refractivity contribution is -0.315. The fourth-order valence-electron chi connectivity index (χ4n) is 5.88. The Balaban J connectivity index is 1.29. The van der Waals surface area contributed by atoms with E-state index in [0.29, 0.717) is 25.4 Å². The molecule has 4 aromatic rings. The van der Waals surface area contributed by atoms with Crippen molar-refractivity contribution in [3.8, 4) is 5.75 Å². The number of nitrogens with zero attached hydrogens (tertiary/aromatic N) is 3. The maximum atomic E-state index is 11.9. The third-order valence-electron chi connectivity index (χ3n) is 8.04. The number of anilines is 2. The van der Waals surface area contributed by atoms with E-state index in [1.54, 1.807) is 0 Å². The van der Waals surface area contributed by atoms with Crippen molar-refractivity contribution in [1.29, 1.82) is 0 Å². The second-order valence-electron chi connectivity index (χ2n) is 11.6. The molecule has 0 spiro atoms. The molecule has 0 fully saturated rings. The highest BCUT2D eigenvalue weighted by Gasteiger charge is 2.34. The summed E-state index contributed by atoms with van der Waals surface area (Å²) in [5.74, 6) is 2.33. The molecule has 1 amide bonds. The minimum Gasteiger partial charge on any atom is -0.493 e. The van der Waals surface area contributed by atoms with Crippen molar-refractivity contribution in [1.82, 2.24) is 14.7 Å². The van der Waals surface area contributed by atoms with Gasteiger partial charge >= 0.3 is 7.55 Å². The average Bonchev–Trinajstić information content (AvgIpc) is 3.70. The summed E-state index contributed by atoms with van der Waals surface area (Å²) in [6.45, 7) is 4.60. The molecule has 1 aromatic heterocycles. The van der Waals surface area contributed by atoms with E-state index >= 15 is 0 Å². The van der Waals surface area contributed by atoms with E-state index in [4.69, 9.17) is 22.1 Å². The minimum absolute atomic E-state index is 0.0983. The van der Waals surface area contributed by atoms with E-state index in [2.05, 4.69) is 86.9 Å². The number of alkyl halides is 1. The summed E-state index contributed by atoms with van der Waals surface area (Å²) >= 11 is 5.71. The molecule has 2 aliphatic rings. The predicted molar refractivity (Wildman–Crippen MR) is 195 cm³/mol. The van der Waals surface area contributed by atoms with Gasteiger partial charge in [-0.3, -0.25) is 19.5 Å². The number of hydrogen-bond donors (Lipinski definition) is 4. The summed E-state index contributed by atoms with van der Waals surface area (Å²) < 4.78 is 10.1. The summed E-state index contributed by atoms with van der Waals surface area (Å²) in [6.07, 6.45) is 6.07. The van der Waals surface area contributed by atoms with Crippen molar-refractivity contribution in [2.75, 3.05) is 36.7 Å². The largest absolute Gasteiger partial charge is 0.553 e. The number of amides is 1. The Hall–Kier alpha value is -5.19. The van der Waals surface area contributed by atoms with E-state index in [1.165, 1.54) is 5.56 Å². The van der Waals surface area contributed by atoms with Crippen LogP contribution in [0.5, 0.6) is 5.75 Å². The number of fused-ring (bicyclic) bond motifs is 2. The number of carbonyl (C=O) groups excluding carboxylic acids is 1. The number of para-hydroxylation sites is 1. The molecule has 0 aliphatic carbocycles. The Morgan fingerprint density at radius 2 is 1.79 bits per heavy atom. The molecule has 9 nitrogen and oxygen atoms in total. The molecule has 2 aliphatic heterocycles. The van der Waals surface area contributed by atoms with Gasteiger partial charge in [0.2, 0.25) is 5.91 Å². The Morgan fingerprint density at radius 1 is 1.02 bits per heavy atom. The quantitative estimate of drug-likeness (QED) is 0.114. The third-order valence-corrected chi connectivity index (χ3v) is 8.29. The molecule has 0 bridgehead atoms. The van der Waals surface area contributed by atoms with Crippen molar-refractivity contribution in [2.24, 2.45) is 5.73 Å². The highest BCUT2D eigenvalue weighted by molar-refractivity contribution is 6.30. The highest BCUT2D eigenvalue weighted by Crippen LogP contribution is 2.36. The van der Waals surface area contributed by atoms with E-state index in [9.17, 15) is 4.79 Å². The maximum Gasteiger partial charge on any atom is 0.553 e. The summed E-state index contributed by atoms with van der Waals surface area (Å²) in [5, 5.41) is 9.89. The van der Waals surface area contributed by atoms with Crippen LogP contribution in [-0.4, -0.2) is 59.2 Å². The second kappa shape index (κ2) is 15.1. The number of halogens is 1. The lowest BCUT2D eigenvalue weighted by Gasteiger charge is -2.22. The first kappa shape index (κ1) is 32.7. The molecule has 6 rings (SSSR count). The van der Waals surface area contributed by atoms with Crippen molar-refractivity contribution >= 4 is 48.0 Å². The van der Waals surface area contributed by atoms with Gasteiger partial charge in [-0.25, -0.2) is 0 Å². The Bertz CT molecular complexity index is 1900. The predicted octanol–water partition coefficient (Wildman–Crippen LogP) is 5.33. The van der Waals surface area contributed by atoms with Crippen LogP contribution in [0.2, 0.25) is 0 Å². The first-order valence-electron chi connectivity index (χ1n) is 15.9. The number of amidine groups is 1. The molecule has 0 saturated carbocycles. The number of allylic oxidation sites excluding steroid dienone is 1. The Labute approximate surface area is 287 Å². The summed E-state index contributed by atoms with van der Waals surface area (Å²) in [4.78, 5) is 14.1. The fraction of sp³-hybridized carbons (Fsp3) is 0.189. The minimum atomic E-state index is -0.247. The van der Waals surface area contributed by atoms with Crippen molar-refractivity contribution in [3.05, 3.63) is 143 Å². The third kappa shape index (κ3) is 7.51. The molecule has 0 saturated heterocycles. The Morgan fingerprint density at radius 3 is 2.56 bits per heavy atom. The van der Waals surface area contributed by atoms with Crippen LogP contribution in [-0.2, 0) is 17.9 Å².